The minimum absolute atomic E-state index is 0.00253. The van der Waals surface area contributed by atoms with E-state index in [1.165, 1.54) is 25.7 Å². The monoisotopic (exact) mass is 394 g/mol. The van der Waals surface area contributed by atoms with Crippen molar-refractivity contribution in [3.63, 3.8) is 0 Å². The molecule has 1 aliphatic heterocycles. The van der Waals surface area contributed by atoms with Gasteiger partial charge in [0.2, 0.25) is 5.91 Å². The molecule has 2 aliphatic rings. The quantitative estimate of drug-likeness (QED) is 0.781. The van der Waals surface area contributed by atoms with Gasteiger partial charge in [-0.1, -0.05) is 43.9 Å². The lowest BCUT2D eigenvalue weighted by Gasteiger charge is -2.35. The molecule has 0 unspecified atom stereocenters. The largest absolute Gasteiger partial charge is 0.339 e. The van der Waals surface area contributed by atoms with Crippen LogP contribution in [0.4, 0.5) is 0 Å². The maximum absolute atomic E-state index is 13.0. The standard InChI is InChI=1S/C23H30N4O2/c1-18-21(17-24-27(18)20-9-3-2-4-10-20)23(29)26-15-13-25(14-16-26)22(28)12-11-19-7-5-6-8-19/h2-4,9-10,17,19H,5-8,11-16H2,1H3. The van der Waals surface area contributed by atoms with E-state index in [0.29, 0.717) is 38.2 Å². The lowest BCUT2D eigenvalue weighted by atomic mass is 10.0. The van der Waals surface area contributed by atoms with Gasteiger partial charge in [-0.05, 0) is 31.4 Å². The molecule has 154 valence electrons. The number of hydrogen-bond donors (Lipinski definition) is 0. The van der Waals surface area contributed by atoms with Crippen LogP contribution in [0.2, 0.25) is 0 Å². The molecule has 2 aromatic rings. The van der Waals surface area contributed by atoms with Gasteiger partial charge in [0.1, 0.15) is 0 Å². The Labute approximate surface area is 172 Å². The maximum Gasteiger partial charge on any atom is 0.257 e. The third-order valence-corrected chi connectivity index (χ3v) is 6.40. The SMILES string of the molecule is Cc1c(C(=O)N2CCN(C(=O)CCC3CCCC3)CC2)cnn1-c1ccccc1. The summed E-state index contributed by atoms with van der Waals surface area (Å²) in [5.74, 6) is 0.991. The molecule has 0 atom stereocenters. The fourth-order valence-corrected chi connectivity index (χ4v) is 4.56. The fraction of sp³-hybridized carbons (Fsp3) is 0.522. The molecule has 0 spiro atoms. The average Bonchev–Trinajstić information content (AvgIpc) is 3.42. The molecular formula is C23H30N4O2. The van der Waals surface area contributed by atoms with Gasteiger partial charge in [0.15, 0.2) is 0 Å². The number of benzene rings is 1. The Bertz CT molecular complexity index is 847. The highest BCUT2D eigenvalue weighted by atomic mass is 16.2. The molecule has 4 rings (SSSR count). The van der Waals surface area contributed by atoms with Crippen molar-refractivity contribution in [2.45, 2.75) is 45.4 Å². The van der Waals surface area contributed by atoms with Crippen LogP contribution < -0.4 is 0 Å². The van der Waals surface area contributed by atoms with E-state index in [0.717, 1.165) is 23.7 Å². The molecule has 1 aliphatic carbocycles. The van der Waals surface area contributed by atoms with Gasteiger partial charge in [-0.3, -0.25) is 9.59 Å². The van der Waals surface area contributed by atoms with Gasteiger partial charge in [-0.2, -0.15) is 5.10 Å². The van der Waals surface area contributed by atoms with Crippen LogP contribution >= 0.6 is 0 Å². The topological polar surface area (TPSA) is 58.4 Å². The zero-order valence-electron chi connectivity index (χ0n) is 17.2. The molecule has 2 amide bonds. The predicted molar refractivity (Wildman–Crippen MR) is 112 cm³/mol. The van der Waals surface area contributed by atoms with Crippen molar-refractivity contribution in [1.82, 2.24) is 19.6 Å². The Morgan fingerprint density at radius 1 is 1.00 bits per heavy atom. The molecule has 1 aromatic heterocycles. The molecule has 29 heavy (non-hydrogen) atoms. The van der Waals surface area contributed by atoms with Gasteiger partial charge in [-0.15, -0.1) is 0 Å². The molecule has 0 bridgehead atoms. The average molecular weight is 395 g/mol. The third kappa shape index (κ3) is 4.36. The van der Waals surface area contributed by atoms with E-state index in [1.54, 1.807) is 10.9 Å². The number of nitrogens with zero attached hydrogens (tertiary/aromatic N) is 4. The highest BCUT2D eigenvalue weighted by Crippen LogP contribution is 2.28. The summed E-state index contributed by atoms with van der Waals surface area (Å²) in [7, 11) is 0. The Hall–Kier alpha value is -2.63. The summed E-state index contributed by atoms with van der Waals surface area (Å²) in [5.41, 5.74) is 2.42. The number of para-hydroxylation sites is 1. The number of hydrogen-bond acceptors (Lipinski definition) is 3. The van der Waals surface area contributed by atoms with Gasteiger partial charge in [0.05, 0.1) is 23.1 Å². The molecule has 2 fully saturated rings. The summed E-state index contributed by atoms with van der Waals surface area (Å²) in [6, 6.07) is 9.83. The highest BCUT2D eigenvalue weighted by Gasteiger charge is 2.27. The normalized spacial score (nSPS) is 17.7. The first-order chi connectivity index (χ1) is 14.1. The Kier molecular flexibility index (Phi) is 5.97. The summed E-state index contributed by atoms with van der Waals surface area (Å²) in [4.78, 5) is 29.3. The number of piperazine rings is 1. The molecule has 1 aromatic carbocycles. The van der Waals surface area contributed by atoms with Crippen molar-refractivity contribution in [3.05, 3.63) is 47.8 Å². The summed E-state index contributed by atoms with van der Waals surface area (Å²) < 4.78 is 1.80. The molecule has 6 nitrogen and oxygen atoms in total. The first-order valence-corrected chi connectivity index (χ1v) is 10.8. The molecular weight excluding hydrogens is 364 g/mol. The van der Waals surface area contributed by atoms with E-state index in [1.807, 2.05) is 47.1 Å². The first kappa shape index (κ1) is 19.7. The van der Waals surface area contributed by atoms with Crippen LogP contribution in [0, 0.1) is 12.8 Å². The second-order valence-electron chi connectivity index (χ2n) is 8.25. The van der Waals surface area contributed by atoms with E-state index in [-0.39, 0.29) is 11.8 Å². The zero-order valence-corrected chi connectivity index (χ0v) is 17.2. The van der Waals surface area contributed by atoms with Crippen molar-refractivity contribution in [3.8, 4) is 5.69 Å². The van der Waals surface area contributed by atoms with Crippen molar-refractivity contribution in [2.75, 3.05) is 26.2 Å². The van der Waals surface area contributed by atoms with Crippen molar-refractivity contribution < 1.29 is 9.59 Å². The lowest BCUT2D eigenvalue weighted by molar-refractivity contribution is -0.133. The maximum atomic E-state index is 13.0. The number of rotatable bonds is 5. The molecule has 2 heterocycles. The van der Waals surface area contributed by atoms with Gasteiger partial charge >= 0.3 is 0 Å². The number of aromatic nitrogens is 2. The first-order valence-electron chi connectivity index (χ1n) is 10.8. The van der Waals surface area contributed by atoms with E-state index >= 15 is 0 Å². The Morgan fingerprint density at radius 2 is 1.66 bits per heavy atom. The minimum Gasteiger partial charge on any atom is -0.339 e. The number of carbonyl (C=O) groups is 2. The highest BCUT2D eigenvalue weighted by molar-refractivity contribution is 5.95. The summed E-state index contributed by atoms with van der Waals surface area (Å²) in [6.45, 7) is 4.35. The smallest absolute Gasteiger partial charge is 0.257 e. The zero-order chi connectivity index (χ0) is 20.2. The van der Waals surface area contributed by atoms with Crippen LogP contribution in [0.5, 0.6) is 0 Å². The van der Waals surface area contributed by atoms with Gasteiger partial charge in [0, 0.05) is 32.6 Å². The fourth-order valence-electron chi connectivity index (χ4n) is 4.56. The van der Waals surface area contributed by atoms with Crippen molar-refractivity contribution in [2.24, 2.45) is 5.92 Å². The number of carbonyl (C=O) groups excluding carboxylic acids is 2. The van der Waals surface area contributed by atoms with E-state index in [9.17, 15) is 9.59 Å². The summed E-state index contributed by atoms with van der Waals surface area (Å²) >= 11 is 0. The lowest BCUT2D eigenvalue weighted by Crippen LogP contribution is -2.50. The summed E-state index contributed by atoms with van der Waals surface area (Å²) in [5, 5.41) is 4.41. The Balaban J connectivity index is 1.32. The van der Waals surface area contributed by atoms with Gasteiger partial charge < -0.3 is 9.80 Å². The second kappa shape index (κ2) is 8.80. The van der Waals surface area contributed by atoms with Crippen LogP contribution in [0.15, 0.2) is 36.5 Å². The van der Waals surface area contributed by atoms with Gasteiger partial charge in [-0.25, -0.2) is 4.68 Å². The van der Waals surface area contributed by atoms with Crippen LogP contribution in [0.25, 0.3) is 5.69 Å². The molecule has 6 heteroatoms. The van der Waals surface area contributed by atoms with E-state index < -0.39 is 0 Å². The van der Waals surface area contributed by atoms with Crippen LogP contribution in [-0.4, -0.2) is 57.6 Å². The minimum atomic E-state index is 0.00253. The van der Waals surface area contributed by atoms with E-state index in [4.69, 9.17) is 0 Å². The third-order valence-electron chi connectivity index (χ3n) is 6.40. The number of amides is 2. The molecule has 0 N–H and O–H groups in total. The second-order valence-corrected chi connectivity index (χ2v) is 8.25. The van der Waals surface area contributed by atoms with Crippen LogP contribution in [0.3, 0.4) is 0 Å². The summed E-state index contributed by atoms with van der Waals surface area (Å²) in [6.07, 6.45) is 8.54. The molecule has 0 radical (unpaired) electrons. The van der Waals surface area contributed by atoms with E-state index in [2.05, 4.69) is 5.10 Å². The Morgan fingerprint density at radius 3 is 2.34 bits per heavy atom. The van der Waals surface area contributed by atoms with Crippen LogP contribution in [0.1, 0.15) is 54.6 Å². The molecule has 1 saturated heterocycles. The predicted octanol–water partition coefficient (Wildman–Crippen LogP) is 3.44. The molecule has 1 saturated carbocycles. The van der Waals surface area contributed by atoms with Crippen molar-refractivity contribution >= 4 is 11.8 Å². The van der Waals surface area contributed by atoms with Gasteiger partial charge in [0.25, 0.3) is 5.91 Å². The van der Waals surface area contributed by atoms with Crippen molar-refractivity contribution in [1.29, 1.82) is 0 Å². The van der Waals surface area contributed by atoms with Crippen LogP contribution in [-0.2, 0) is 4.79 Å².